The van der Waals surface area contributed by atoms with Crippen molar-refractivity contribution in [2.75, 3.05) is 0 Å². The van der Waals surface area contributed by atoms with Crippen LogP contribution in [0.25, 0.3) is 17.7 Å². The highest BCUT2D eigenvalue weighted by Crippen LogP contribution is 2.24. The SMILES string of the molecule is C/C=C/c1nnc(-c2ccc([N+](=O)[O-])o2)o1. The van der Waals surface area contributed by atoms with Gasteiger partial charge in [0.25, 0.3) is 5.89 Å². The lowest BCUT2D eigenvalue weighted by Crippen LogP contribution is -1.82. The van der Waals surface area contributed by atoms with Crippen molar-refractivity contribution in [3.63, 3.8) is 0 Å². The van der Waals surface area contributed by atoms with Crippen molar-refractivity contribution in [3.8, 4) is 11.7 Å². The highest BCUT2D eigenvalue weighted by Gasteiger charge is 2.16. The number of nitrogens with zero attached hydrogens (tertiary/aromatic N) is 3. The highest BCUT2D eigenvalue weighted by atomic mass is 16.6. The molecule has 2 aromatic heterocycles. The standard InChI is InChI=1S/C9H7N3O4/c1-2-3-7-10-11-9(16-7)6-4-5-8(15-6)12(13)14/h2-5H,1H3/b3-2+. The lowest BCUT2D eigenvalue weighted by atomic mass is 10.4. The van der Waals surface area contributed by atoms with Gasteiger partial charge in [-0.25, -0.2) is 0 Å². The molecule has 0 radical (unpaired) electrons. The van der Waals surface area contributed by atoms with E-state index in [-0.39, 0.29) is 17.5 Å². The van der Waals surface area contributed by atoms with E-state index in [0.717, 1.165) is 0 Å². The molecule has 0 saturated carbocycles. The first-order valence-corrected chi connectivity index (χ1v) is 4.41. The van der Waals surface area contributed by atoms with Gasteiger partial charge in [0.1, 0.15) is 4.92 Å². The number of hydrogen-bond donors (Lipinski definition) is 0. The van der Waals surface area contributed by atoms with Crippen LogP contribution in [-0.4, -0.2) is 15.1 Å². The van der Waals surface area contributed by atoms with Gasteiger partial charge in [0.05, 0.1) is 6.07 Å². The van der Waals surface area contributed by atoms with Crippen molar-refractivity contribution in [1.82, 2.24) is 10.2 Å². The minimum atomic E-state index is -0.632. The molecule has 7 heteroatoms. The molecule has 0 amide bonds. The molecule has 82 valence electrons. The second-order valence-electron chi connectivity index (χ2n) is 2.84. The van der Waals surface area contributed by atoms with Crippen molar-refractivity contribution in [1.29, 1.82) is 0 Å². The molecule has 0 aliphatic carbocycles. The molecule has 0 N–H and O–H groups in total. The maximum absolute atomic E-state index is 10.4. The van der Waals surface area contributed by atoms with Gasteiger partial charge in [-0.2, -0.15) is 0 Å². The summed E-state index contributed by atoms with van der Waals surface area (Å²) < 4.78 is 10.1. The average Bonchev–Trinajstić information content (AvgIpc) is 2.84. The molecule has 0 unspecified atom stereocenters. The van der Waals surface area contributed by atoms with E-state index < -0.39 is 4.92 Å². The predicted molar refractivity (Wildman–Crippen MR) is 53.4 cm³/mol. The molecule has 0 fully saturated rings. The Hall–Kier alpha value is -2.44. The summed E-state index contributed by atoms with van der Waals surface area (Å²) in [5.74, 6) is 0.244. The second kappa shape index (κ2) is 3.97. The minimum Gasteiger partial charge on any atom is -0.414 e. The lowest BCUT2D eigenvalue weighted by molar-refractivity contribution is -0.401. The van der Waals surface area contributed by atoms with E-state index >= 15 is 0 Å². The fraction of sp³-hybridized carbons (Fsp3) is 0.111. The van der Waals surface area contributed by atoms with E-state index in [0.29, 0.717) is 5.89 Å². The lowest BCUT2D eigenvalue weighted by Gasteiger charge is -1.85. The van der Waals surface area contributed by atoms with Gasteiger partial charge < -0.3 is 8.83 Å². The zero-order chi connectivity index (χ0) is 11.5. The second-order valence-corrected chi connectivity index (χ2v) is 2.84. The van der Waals surface area contributed by atoms with Gasteiger partial charge in [-0.1, -0.05) is 6.08 Å². The summed E-state index contributed by atoms with van der Waals surface area (Å²) in [6.07, 6.45) is 3.36. The van der Waals surface area contributed by atoms with E-state index in [1.54, 1.807) is 12.2 Å². The Balaban J connectivity index is 2.31. The van der Waals surface area contributed by atoms with Crippen LogP contribution in [0.2, 0.25) is 0 Å². The van der Waals surface area contributed by atoms with Crippen LogP contribution in [0.15, 0.2) is 27.0 Å². The molecular weight excluding hydrogens is 214 g/mol. The summed E-state index contributed by atoms with van der Waals surface area (Å²) in [5, 5.41) is 17.8. The first-order valence-electron chi connectivity index (χ1n) is 4.41. The molecule has 0 bridgehead atoms. The zero-order valence-corrected chi connectivity index (χ0v) is 8.28. The monoisotopic (exact) mass is 221 g/mol. The highest BCUT2D eigenvalue weighted by molar-refractivity contribution is 5.48. The third kappa shape index (κ3) is 1.83. The van der Waals surface area contributed by atoms with Crippen molar-refractivity contribution in [2.24, 2.45) is 0 Å². The Labute approximate surface area is 89.5 Å². The number of hydrogen-bond acceptors (Lipinski definition) is 6. The average molecular weight is 221 g/mol. The van der Waals surface area contributed by atoms with Crippen LogP contribution in [0, 0.1) is 10.1 Å². The van der Waals surface area contributed by atoms with E-state index in [4.69, 9.17) is 8.83 Å². The Morgan fingerprint density at radius 3 is 2.81 bits per heavy atom. The Kier molecular flexibility index (Phi) is 2.50. The molecule has 0 atom stereocenters. The Morgan fingerprint density at radius 2 is 2.19 bits per heavy atom. The summed E-state index contributed by atoms with van der Waals surface area (Å²) in [5.41, 5.74) is 0. The molecule has 2 heterocycles. The largest absolute Gasteiger partial charge is 0.433 e. The minimum absolute atomic E-state index is 0.112. The molecule has 2 aromatic rings. The van der Waals surface area contributed by atoms with Gasteiger partial charge in [-0.05, 0) is 19.1 Å². The molecule has 2 rings (SSSR count). The van der Waals surface area contributed by atoms with Gasteiger partial charge in [0.15, 0.2) is 5.76 Å². The molecule has 0 aromatic carbocycles. The van der Waals surface area contributed by atoms with Gasteiger partial charge in [0.2, 0.25) is 5.89 Å². The molecule has 0 spiro atoms. The quantitative estimate of drug-likeness (QED) is 0.582. The van der Waals surface area contributed by atoms with Crippen molar-refractivity contribution in [2.45, 2.75) is 6.92 Å². The Bertz CT molecular complexity index is 540. The molecule has 7 nitrogen and oxygen atoms in total. The van der Waals surface area contributed by atoms with Crippen LogP contribution in [0.5, 0.6) is 0 Å². The summed E-state index contributed by atoms with van der Waals surface area (Å²) in [6, 6.07) is 2.64. The summed E-state index contributed by atoms with van der Waals surface area (Å²) >= 11 is 0. The van der Waals surface area contributed by atoms with Crippen LogP contribution >= 0.6 is 0 Å². The van der Waals surface area contributed by atoms with Gasteiger partial charge >= 0.3 is 5.88 Å². The molecule has 16 heavy (non-hydrogen) atoms. The van der Waals surface area contributed by atoms with E-state index in [1.165, 1.54) is 12.1 Å². The van der Waals surface area contributed by atoms with Crippen LogP contribution in [0.4, 0.5) is 5.88 Å². The maximum Gasteiger partial charge on any atom is 0.433 e. The van der Waals surface area contributed by atoms with E-state index in [9.17, 15) is 10.1 Å². The van der Waals surface area contributed by atoms with E-state index in [1.807, 2.05) is 6.92 Å². The number of rotatable bonds is 3. The van der Waals surface area contributed by atoms with Crippen molar-refractivity contribution < 1.29 is 13.8 Å². The third-order valence-corrected chi connectivity index (χ3v) is 1.73. The molecule has 0 saturated heterocycles. The molecule has 0 aliphatic heterocycles. The number of furan rings is 1. The third-order valence-electron chi connectivity index (χ3n) is 1.73. The fourth-order valence-corrected chi connectivity index (χ4v) is 1.08. The van der Waals surface area contributed by atoms with Gasteiger partial charge in [-0.3, -0.25) is 10.1 Å². The van der Waals surface area contributed by atoms with Crippen LogP contribution in [-0.2, 0) is 0 Å². The first-order chi connectivity index (χ1) is 7.70. The van der Waals surface area contributed by atoms with Gasteiger partial charge in [-0.15, -0.1) is 10.2 Å². The maximum atomic E-state index is 10.4. The number of nitro groups is 1. The topological polar surface area (TPSA) is 95.2 Å². The first kappa shape index (κ1) is 10.1. The Morgan fingerprint density at radius 1 is 1.38 bits per heavy atom. The smallest absolute Gasteiger partial charge is 0.414 e. The van der Waals surface area contributed by atoms with Gasteiger partial charge in [0, 0.05) is 0 Å². The summed E-state index contributed by atoms with van der Waals surface area (Å²) in [7, 11) is 0. The van der Waals surface area contributed by atoms with Crippen LogP contribution in [0.3, 0.4) is 0 Å². The summed E-state index contributed by atoms with van der Waals surface area (Å²) in [6.45, 7) is 1.81. The predicted octanol–water partition coefficient (Wildman–Crippen LogP) is 2.27. The van der Waals surface area contributed by atoms with Crippen LogP contribution in [0.1, 0.15) is 12.8 Å². The van der Waals surface area contributed by atoms with Crippen LogP contribution < -0.4 is 0 Å². The normalized spacial score (nSPS) is 11.1. The van der Waals surface area contributed by atoms with E-state index in [2.05, 4.69) is 10.2 Å². The molecular formula is C9H7N3O4. The zero-order valence-electron chi connectivity index (χ0n) is 8.28. The number of aromatic nitrogens is 2. The summed E-state index contributed by atoms with van der Waals surface area (Å²) in [4.78, 5) is 9.76. The van der Waals surface area contributed by atoms with Crippen molar-refractivity contribution in [3.05, 3.63) is 34.2 Å². The molecule has 0 aliphatic rings. The number of allylic oxidation sites excluding steroid dienone is 1. The van der Waals surface area contributed by atoms with Crippen molar-refractivity contribution >= 4 is 12.0 Å². The fourth-order valence-electron chi connectivity index (χ4n) is 1.08.